The Labute approximate surface area is 191 Å². The van der Waals surface area contributed by atoms with E-state index in [-0.39, 0.29) is 19.1 Å². The molecular weight excluding hydrogens is 416 g/mol. The molecule has 1 saturated heterocycles. The third-order valence-electron chi connectivity index (χ3n) is 5.97. The monoisotopic (exact) mass is 440 g/mol. The zero-order valence-corrected chi connectivity index (χ0v) is 18.1. The molecule has 166 valence electrons. The lowest BCUT2D eigenvalue weighted by Gasteiger charge is -2.34. The van der Waals surface area contributed by atoms with Crippen molar-refractivity contribution in [1.82, 2.24) is 9.13 Å². The number of nitrogens with two attached hydrogens (primary N) is 1. The van der Waals surface area contributed by atoms with Crippen molar-refractivity contribution >= 4 is 5.82 Å². The summed E-state index contributed by atoms with van der Waals surface area (Å²) in [4.78, 5) is 28.7. The highest BCUT2D eigenvalue weighted by atomic mass is 16.2. The Hall–Kier alpha value is -4.14. The molecule has 1 fully saturated rings. The maximum Gasteiger partial charge on any atom is 0.333 e. The molecule has 2 N–H and O–H groups in total. The number of nitriles is 2. The molecule has 0 amide bonds. The number of anilines is 1. The fourth-order valence-electron chi connectivity index (χ4n) is 4.25. The molecule has 1 aliphatic heterocycles. The van der Waals surface area contributed by atoms with Gasteiger partial charge in [-0.2, -0.15) is 10.5 Å². The Kier molecular flexibility index (Phi) is 6.39. The standard InChI is InChI=1S/C25H24N6O2/c26-13-18-6-1-3-8-20(18)15-30-23(29-11-5-10-22(28)17-29)12-24(32)31(25(30)33)16-21-9-4-2-7-19(21)14-27/h1-4,6-9,12,22H,5,10-11,15-17,28H2/t22-/m0/s1. The summed E-state index contributed by atoms with van der Waals surface area (Å²) in [6.07, 6.45) is 1.75. The Bertz CT molecular complexity index is 1380. The van der Waals surface area contributed by atoms with Gasteiger partial charge in [-0.15, -0.1) is 0 Å². The molecule has 0 spiro atoms. The molecule has 3 aromatic rings. The predicted molar refractivity (Wildman–Crippen MR) is 125 cm³/mol. The van der Waals surface area contributed by atoms with Crippen molar-refractivity contribution in [3.05, 3.63) is 97.7 Å². The van der Waals surface area contributed by atoms with Crippen molar-refractivity contribution < 1.29 is 0 Å². The molecule has 0 unspecified atom stereocenters. The van der Waals surface area contributed by atoms with Gasteiger partial charge in [-0.3, -0.25) is 13.9 Å². The van der Waals surface area contributed by atoms with Crippen LogP contribution >= 0.6 is 0 Å². The minimum atomic E-state index is -0.489. The van der Waals surface area contributed by atoms with Crippen LogP contribution in [0.2, 0.25) is 0 Å². The SMILES string of the molecule is N#Cc1ccccc1Cn1c(N2CCC[C@H](N)C2)cc(=O)n(Cc2ccccc2C#N)c1=O. The van der Waals surface area contributed by atoms with Crippen LogP contribution in [0.15, 0.2) is 64.2 Å². The molecule has 0 radical (unpaired) electrons. The van der Waals surface area contributed by atoms with Crippen molar-refractivity contribution in [3.63, 3.8) is 0 Å². The summed E-state index contributed by atoms with van der Waals surface area (Å²) < 4.78 is 2.67. The van der Waals surface area contributed by atoms with E-state index in [0.717, 1.165) is 17.4 Å². The van der Waals surface area contributed by atoms with Gasteiger partial charge in [0.15, 0.2) is 0 Å². The molecule has 1 atom stereocenters. The second-order valence-corrected chi connectivity index (χ2v) is 8.18. The first-order chi connectivity index (χ1) is 16.0. The second kappa shape index (κ2) is 9.56. The maximum atomic E-state index is 13.6. The number of hydrogen-bond acceptors (Lipinski definition) is 6. The number of aromatic nitrogens is 2. The fraction of sp³-hybridized carbons (Fsp3) is 0.280. The maximum absolute atomic E-state index is 13.6. The Morgan fingerprint density at radius 1 is 0.909 bits per heavy atom. The molecule has 0 aliphatic carbocycles. The van der Waals surface area contributed by atoms with E-state index in [0.29, 0.717) is 41.2 Å². The molecule has 2 heterocycles. The second-order valence-electron chi connectivity index (χ2n) is 8.18. The molecule has 0 bridgehead atoms. The Balaban J connectivity index is 1.86. The van der Waals surface area contributed by atoms with Crippen molar-refractivity contribution in [3.8, 4) is 12.1 Å². The minimum Gasteiger partial charge on any atom is -0.356 e. The average molecular weight is 441 g/mol. The molecule has 1 aromatic heterocycles. The van der Waals surface area contributed by atoms with E-state index in [1.807, 2.05) is 11.0 Å². The summed E-state index contributed by atoms with van der Waals surface area (Å²) >= 11 is 0. The van der Waals surface area contributed by atoms with E-state index in [9.17, 15) is 20.1 Å². The third-order valence-corrected chi connectivity index (χ3v) is 5.97. The van der Waals surface area contributed by atoms with Crippen molar-refractivity contribution in [1.29, 1.82) is 10.5 Å². The van der Waals surface area contributed by atoms with Gasteiger partial charge in [0, 0.05) is 25.2 Å². The molecule has 1 aliphatic rings. The van der Waals surface area contributed by atoms with Crippen molar-refractivity contribution in [2.75, 3.05) is 18.0 Å². The topological polar surface area (TPSA) is 121 Å². The summed E-state index contributed by atoms with van der Waals surface area (Å²) in [5, 5.41) is 18.9. The van der Waals surface area contributed by atoms with E-state index >= 15 is 0 Å². The lowest BCUT2D eigenvalue weighted by molar-refractivity contribution is 0.490. The number of hydrogen-bond donors (Lipinski definition) is 1. The molecular formula is C25H24N6O2. The summed E-state index contributed by atoms with van der Waals surface area (Å²) in [5.74, 6) is 0.498. The smallest absolute Gasteiger partial charge is 0.333 e. The highest BCUT2D eigenvalue weighted by Crippen LogP contribution is 2.19. The lowest BCUT2D eigenvalue weighted by Crippen LogP contribution is -2.48. The van der Waals surface area contributed by atoms with Gasteiger partial charge in [0.2, 0.25) is 0 Å². The van der Waals surface area contributed by atoms with Crippen LogP contribution in [0.1, 0.15) is 35.1 Å². The van der Waals surface area contributed by atoms with E-state index in [4.69, 9.17) is 5.73 Å². The molecule has 0 saturated carbocycles. The highest BCUT2D eigenvalue weighted by Gasteiger charge is 2.23. The molecule has 33 heavy (non-hydrogen) atoms. The zero-order valence-electron chi connectivity index (χ0n) is 18.1. The van der Waals surface area contributed by atoms with Gasteiger partial charge in [-0.1, -0.05) is 36.4 Å². The van der Waals surface area contributed by atoms with Crippen LogP contribution in [0.4, 0.5) is 5.82 Å². The summed E-state index contributed by atoms with van der Waals surface area (Å²) in [7, 11) is 0. The number of piperidine rings is 1. The Morgan fingerprint density at radius 3 is 2.06 bits per heavy atom. The van der Waals surface area contributed by atoms with E-state index in [2.05, 4.69) is 12.1 Å². The van der Waals surface area contributed by atoms with Crippen LogP contribution in [0, 0.1) is 22.7 Å². The van der Waals surface area contributed by atoms with Gasteiger partial charge < -0.3 is 10.6 Å². The normalized spacial score (nSPS) is 15.6. The van der Waals surface area contributed by atoms with Gasteiger partial charge in [-0.25, -0.2) is 4.79 Å². The van der Waals surface area contributed by atoms with Gasteiger partial charge in [0.1, 0.15) is 5.82 Å². The summed E-state index contributed by atoms with van der Waals surface area (Å²) in [5.41, 5.74) is 7.40. The van der Waals surface area contributed by atoms with Crippen LogP contribution in [0.25, 0.3) is 0 Å². The quantitative estimate of drug-likeness (QED) is 0.646. The average Bonchev–Trinajstić information content (AvgIpc) is 2.83. The molecule has 8 nitrogen and oxygen atoms in total. The molecule has 8 heteroatoms. The highest BCUT2D eigenvalue weighted by molar-refractivity contribution is 5.43. The third kappa shape index (κ3) is 4.57. The fourth-order valence-corrected chi connectivity index (χ4v) is 4.25. The number of rotatable bonds is 5. The molecule has 2 aromatic carbocycles. The largest absolute Gasteiger partial charge is 0.356 e. The summed E-state index contributed by atoms with van der Waals surface area (Å²) in [6, 6.07) is 19.7. The minimum absolute atomic E-state index is 0.0128. The predicted octanol–water partition coefficient (Wildman–Crippen LogP) is 1.78. The number of nitrogens with zero attached hydrogens (tertiary/aromatic N) is 5. The van der Waals surface area contributed by atoms with Crippen LogP contribution in [0.5, 0.6) is 0 Å². The van der Waals surface area contributed by atoms with E-state index in [1.165, 1.54) is 10.6 Å². The first-order valence-corrected chi connectivity index (χ1v) is 10.8. The zero-order chi connectivity index (χ0) is 23.4. The first kappa shape index (κ1) is 22.1. The van der Waals surface area contributed by atoms with Crippen LogP contribution in [-0.2, 0) is 13.1 Å². The van der Waals surface area contributed by atoms with Crippen molar-refractivity contribution in [2.24, 2.45) is 5.73 Å². The summed E-state index contributed by atoms with van der Waals surface area (Å²) in [6.45, 7) is 1.36. The molecule has 4 rings (SSSR count). The lowest BCUT2D eigenvalue weighted by atomic mass is 10.1. The van der Waals surface area contributed by atoms with Gasteiger partial charge in [0.05, 0.1) is 36.4 Å². The van der Waals surface area contributed by atoms with Crippen LogP contribution in [0.3, 0.4) is 0 Å². The van der Waals surface area contributed by atoms with Gasteiger partial charge >= 0.3 is 5.69 Å². The van der Waals surface area contributed by atoms with Crippen LogP contribution in [-0.4, -0.2) is 28.3 Å². The van der Waals surface area contributed by atoms with E-state index in [1.54, 1.807) is 42.5 Å². The van der Waals surface area contributed by atoms with Crippen LogP contribution < -0.4 is 21.9 Å². The van der Waals surface area contributed by atoms with E-state index < -0.39 is 11.2 Å². The first-order valence-electron chi connectivity index (χ1n) is 10.8. The number of benzene rings is 2. The Morgan fingerprint density at radius 2 is 1.48 bits per heavy atom. The van der Waals surface area contributed by atoms with Gasteiger partial charge in [-0.05, 0) is 36.1 Å². The van der Waals surface area contributed by atoms with Crippen molar-refractivity contribution in [2.45, 2.75) is 32.0 Å². The van der Waals surface area contributed by atoms with Gasteiger partial charge in [0.25, 0.3) is 5.56 Å².